The van der Waals surface area contributed by atoms with Crippen LogP contribution >= 0.6 is 0 Å². The normalized spacial score (nSPS) is 24.6. The van der Waals surface area contributed by atoms with Crippen LogP contribution < -0.4 is 4.90 Å². The van der Waals surface area contributed by atoms with E-state index in [1.165, 1.54) is 6.26 Å². The molecule has 0 aromatic carbocycles. The van der Waals surface area contributed by atoms with E-state index in [0.717, 1.165) is 35.5 Å². The van der Waals surface area contributed by atoms with Crippen molar-refractivity contribution in [2.75, 3.05) is 30.8 Å². The topological polar surface area (TPSA) is 86.5 Å². The Morgan fingerprint density at radius 2 is 1.93 bits per heavy atom. The quantitative estimate of drug-likeness (QED) is 0.727. The van der Waals surface area contributed by atoms with Gasteiger partial charge in [-0.25, -0.2) is 13.4 Å². The molecule has 164 valence electrons. The van der Waals surface area contributed by atoms with Crippen LogP contribution in [0.5, 0.6) is 0 Å². The van der Waals surface area contributed by atoms with Crippen LogP contribution in [0.25, 0.3) is 0 Å². The van der Waals surface area contributed by atoms with E-state index in [2.05, 4.69) is 24.8 Å². The Morgan fingerprint density at radius 1 is 1.23 bits per heavy atom. The van der Waals surface area contributed by atoms with E-state index in [1.54, 1.807) is 4.31 Å². The first-order valence-corrected chi connectivity index (χ1v) is 12.7. The number of sulfonamides is 1. The van der Waals surface area contributed by atoms with Crippen LogP contribution in [0.4, 0.5) is 5.82 Å². The summed E-state index contributed by atoms with van der Waals surface area (Å²) in [5.41, 5.74) is 3.59. The molecule has 1 aliphatic carbocycles. The molecule has 0 N–H and O–H groups in total. The van der Waals surface area contributed by atoms with E-state index in [1.807, 2.05) is 13.8 Å². The summed E-state index contributed by atoms with van der Waals surface area (Å²) < 4.78 is 32.3. The number of nitrogens with zero attached hydrogens (tertiary/aromatic N) is 4. The van der Waals surface area contributed by atoms with Crippen molar-refractivity contribution in [2.24, 2.45) is 5.92 Å². The molecule has 0 spiro atoms. The molecular formula is C22H32N4O3S. The highest BCUT2D eigenvalue weighted by molar-refractivity contribution is 7.88. The second-order valence-electron chi connectivity index (χ2n) is 9.90. The highest BCUT2D eigenvalue weighted by Crippen LogP contribution is 2.46. The van der Waals surface area contributed by atoms with Crippen LogP contribution in [0.1, 0.15) is 68.8 Å². The van der Waals surface area contributed by atoms with Crippen molar-refractivity contribution in [2.45, 2.75) is 71.1 Å². The van der Waals surface area contributed by atoms with E-state index in [-0.39, 0.29) is 17.6 Å². The Bertz CT molecular complexity index is 993. The Balaban J connectivity index is 1.78. The molecular weight excluding hydrogens is 400 g/mol. The number of anilines is 1. The zero-order valence-electron chi connectivity index (χ0n) is 18.6. The summed E-state index contributed by atoms with van der Waals surface area (Å²) in [5.74, 6) is 1.35. The molecule has 1 atom stereocenters. The molecule has 4 rings (SSSR count). The summed E-state index contributed by atoms with van der Waals surface area (Å²) in [7, 11) is -3.28. The third-order valence-electron chi connectivity index (χ3n) is 6.57. The van der Waals surface area contributed by atoms with Gasteiger partial charge in [0.2, 0.25) is 10.0 Å². The predicted molar refractivity (Wildman–Crippen MR) is 116 cm³/mol. The molecule has 1 saturated heterocycles. The smallest absolute Gasteiger partial charge is 0.211 e. The van der Waals surface area contributed by atoms with Crippen molar-refractivity contribution in [1.29, 1.82) is 5.26 Å². The number of fused-ring (bicyclic) bond motifs is 1. The van der Waals surface area contributed by atoms with Crippen LogP contribution in [0, 0.1) is 17.2 Å². The molecule has 0 bridgehead atoms. The second kappa shape index (κ2) is 7.47. The summed E-state index contributed by atoms with van der Waals surface area (Å²) in [6.45, 7) is 10.2. The van der Waals surface area contributed by atoms with Crippen molar-refractivity contribution in [3.05, 3.63) is 22.4 Å². The van der Waals surface area contributed by atoms with E-state index < -0.39 is 10.0 Å². The van der Waals surface area contributed by atoms with Crippen LogP contribution in [-0.4, -0.2) is 55.2 Å². The maximum atomic E-state index is 12.3. The monoisotopic (exact) mass is 432 g/mol. The SMILES string of the molecule is CC(C)C1CN(c2nc(C3CC3)c3c(c2C#N)CC(C)(C)OC3)CCN1S(C)(=O)=O. The minimum Gasteiger partial charge on any atom is -0.370 e. The van der Waals surface area contributed by atoms with Crippen molar-refractivity contribution in [1.82, 2.24) is 9.29 Å². The van der Waals surface area contributed by atoms with Gasteiger partial charge in [0, 0.05) is 43.6 Å². The minimum absolute atomic E-state index is 0.137. The molecule has 1 saturated carbocycles. The molecule has 8 heteroatoms. The number of piperazine rings is 1. The molecule has 1 aromatic rings. The van der Waals surface area contributed by atoms with Gasteiger partial charge in [0.1, 0.15) is 11.9 Å². The van der Waals surface area contributed by atoms with Crippen LogP contribution in [0.3, 0.4) is 0 Å². The lowest BCUT2D eigenvalue weighted by molar-refractivity contribution is -0.0407. The van der Waals surface area contributed by atoms with Gasteiger partial charge in [-0.1, -0.05) is 13.8 Å². The standard InChI is InChI=1S/C22H32N4O3S/c1-14(2)19-12-25(8-9-26(19)30(5,27)28)21-17(11-23)16-10-22(3,4)29-13-18(16)20(24-21)15-6-7-15/h14-15,19H,6-10,12-13H2,1-5H3. The molecule has 2 fully saturated rings. The molecule has 1 unspecified atom stereocenters. The van der Waals surface area contributed by atoms with Gasteiger partial charge in [0.25, 0.3) is 0 Å². The molecule has 0 amide bonds. The van der Waals surface area contributed by atoms with Gasteiger partial charge in [-0.05, 0) is 38.2 Å². The van der Waals surface area contributed by atoms with Crippen LogP contribution in [0.15, 0.2) is 0 Å². The summed E-state index contributed by atoms with van der Waals surface area (Å²) in [4.78, 5) is 7.17. The van der Waals surface area contributed by atoms with E-state index >= 15 is 0 Å². The summed E-state index contributed by atoms with van der Waals surface area (Å²) in [6, 6.07) is 2.30. The maximum absolute atomic E-state index is 12.3. The summed E-state index contributed by atoms with van der Waals surface area (Å²) >= 11 is 0. The van der Waals surface area contributed by atoms with Gasteiger partial charge in [0.15, 0.2) is 0 Å². The first-order chi connectivity index (χ1) is 14.0. The lowest BCUT2D eigenvalue weighted by atomic mass is 9.87. The van der Waals surface area contributed by atoms with Crippen molar-refractivity contribution in [3.63, 3.8) is 0 Å². The van der Waals surface area contributed by atoms with Gasteiger partial charge in [-0.15, -0.1) is 0 Å². The van der Waals surface area contributed by atoms with Gasteiger partial charge in [0.05, 0.1) is 29.7 Å². The summed E-state index contributed by atoms with van der Waals surface area (Å²) in [6.07, 6.45) is 4.23. The minimum atomic E-state index is -3.28. The molecule has 30 heavy (non-hydrogen) atoms. The Morgan fingerprint density at radius 3 is 2.50 bits per heavy atom. The largest absolute Gasteiger partial charge is 0.370 e. The average Bonchev–Trinajstić information content (AvgIpc) is 3.49. The van der Waals surface area contributed by atoms with Gasteiger partial charge in [-0.3, -0.25) is 0 Å². The molecule has 0 radical (unpaired) electrons. The number of rotatable bonds is 4. The van der Waals surface area contributed by atoms with Crippen LogP contribution in [-0.2, 0) is 27.8 Å². The Kier molecular flexibility index (Phi) is 5.36. The molecule has 2 aliphatic heterocycles. The maximum Gasteiger partial charge on any atom is 0.211 e. The first-order valence-electron chi connectivity index (χ1n) is 10.8. The summed E-state index contributed by atoms with van der Waals surface area (Å²) in [5, 5.41) is 10.1. The van der Waals surface area contributed by atoms with Gasteiger partial charge in [-0.2, -0.15) is 9.57 Å². The Hall–Kier alpha value is -1.69. The molecule has 1 aromatic heterocycles. The van der Waals surface area contributed by atoms with Crippen LogP contribution in [0.2, 0.25) is 0 Å². The van der Waals surface area contributed by atoms with E-state index in [0.29, 0.717) is 44.1 Å². The molecule has 3 heterocycles. The fourth-order valence-corrected chi connectivity index (χ4v) is 5.98. The molecule has 3 aliphatic rings. The number of hydrogen-bond acceptors (Lipinski definition) is 6. The third-order valence-corrected chi connectivity index (χ3v) is 7.88. The zero-order valence-corrected chi connectivity index (χ0v) is 19.4. The lowest BCUT2D eigenvalue weighted by Crippen LogP contribution is -2.57. The number of aromatic nitrogens is 1. The average molecular weight is 433 g/mol. The van der Waals surface area contributed by atoms with Crippen molar-refractivity contribution >= 4 is 15.8 Å². The van der Waals surface area contributed by atoms with Gasteiger partial charge >= 0.3 is 0 Å². The first kappa shape index (κ1) is 21.5. The van der Waals surface area contributed by atoms with Crippen molar-refractivity contribution in [3.8, 4) is 6.07 Å². The fraction of sp³-hybridized carbons (Fsp3) is 0.727. The number of pyridine rings is 1. The highest BCUT2D eigenvalue weighted by atomic mass is 32.2. The number of hydrogen-bond donors (Lipinski definition) is 0. The number of ether oxygens (including phenoxy) is 1. The van der Waals surface area contributed by atoms with E-state index in [9.17, 15) is 13.7 Å². The van der Waals surface area contributed by atoms with Crippen molar-refractivity contribution < 1.29 is 13.2 Å². The predicted octanol–water partition coefficient (Wildman–Crippen LogP) is 2.79. The van der Waals surface area contributed by atoms with Gasteiger partial charge < -0.3 is 9.64 Å². The zero-order chi connectivity index (χ0) is 21.8. The second-order valence-corrected chi connectivity index (χ2v) is 11.8. The highest BCUT2D eigenvalue weighted by Gasteiger charge is 2.40. The third kappa shape index (κ3) is 3.95. The lowest BCUT2D eigenvalue weighted by Gasteiger charge is -2.43. The van der Waals surface area contributed by atoms with E-state index in [4.69, 9.17) is 9.72 Å². The Labute approximate surface area is 180 Å². The molecule has 7 nitrogen and oxygen atoms in total. The number of nitriles is 1. The fourth-order valence-electron chi connectivity index (χ4n) is 4.76.